The zero-order valence-corrected chi connectivity index (χ0v) is 40.8. The summed E-state index contributed by atoms with van der Waals surface area (Å²) in [5.74, 6) is -3.39. The van der Waals surface area contributed by atoms with Crippen molar-refractivity contribution in [3.8, 4) is 5.75 Å². The molecule has 1 atom stereocenters. The second kappa shape index (κ2) is 19.3. The van der Waals surface area contributed by atoms with Crippen molar-refractivity contribution in [3.63, 3.8) is 0 Å². The number of hydrogen-bond acceptors (Lipinski definition) is 13. The number of anilines is 6. The van der Waals surface area contributed by atoms with Crippen LogP contribution in [0.3, 0.4) is 0 Å². The third-order valence-electron chi connectivity index (χ3n) is 13.7. The average Bonchev–Trinajstić information content (AvgIpc) is 3.77. The normalized spacial score (nSPS) is 18.8. The van der Waals surface area contributed by atoms with Gasteiger partial charge < -0.3 is 30.1 Å². The number of carbonyl (C=O) groups is 3. The highest BCUT2D eigenvalue weighted by atomic mass is 79.9. The number of imide groups is 1. The molecule has 6 heterocycles. The number of halogens is 6. The number of aryl methyl sites for hydroxylation is 1. The van der Waals surface area contributed by atoms with Crippen LogP contribution in [-0.4, -0.2) is 122 Å². The zero-order chi connectivity index (χ0) is 49.8. The molecule has 9 rings (SSSR count). The van der Waals surface area contributed by atoms with Crippen LogP contribution in [0.2, 0.25) is 0 Å². The summed E-state index contributed by atoms with van der Waals surface area (Å²) in [4.78, 5) is 54.7. The van der Waals surface area contributed by atoms with Crippen LogP contribution < -0.4 is 30.5 Å². The number of rotatable bonds is 12. The van der Waals surface area contributed by atoms with E-state index in [9.17, 15) is 36.0 Å². The van der Waals surface area contributed by atoms with Crippen molar-refractivity contribution in [2.24, 2.45) is 5.92 Å². The molecule has 2 aromatic heterocycles. The number of nitrogens with one attached hydrogen (secondary N) is 3. The van der Waals surface area contributed by atoms with Crippen LogP contribution in [0.4, 0.5) is 56.5 Å². The van der Waals surface area contributed by atoms with E-state index in [-0.39, 0.29) is 58.6 Å². The summed E-state index contributed by atoms with van der Waals surface area (Å²) in [5.41, 5.74) is 1.54. The van der Waals surface area contributed by atoms with Crippen LogP contribution in [0, 0.1) is 17.6 Å². The molecule has 3 aromatic carbocycles. The second-order valence-corrected chi connectivity index (χ2v) is 20.7. The molecule has 372 valence electrons. The lowest BCUT2D eigenvalue weighted by Crippen LogP contribution is -2.59. The molecule has 0 radical (unpaired) electrons. The monoisotopic (exact) mass is 1060 g/mol. The maximum absolute atomic E-state index is 15.2. The van der Waals surface area contributed by atoms with Gasteiger partial charge in [0.1, 0.15) is 23.2 Å². The molecule has 1 unspecified atom stereocenters. The predicted molar refractivity (Wildman–Crippen MR) is 256 cm³/mol. The first-order valence-corrected chi connectivity index (χ1v) is 25.5. The molecular weight excluding hydrogens is 1010 g/mol. The summed E-state index contributed by atoms with van der Waals surface area (Å²) in [6, 6.07) is 9.84. The maximum atomic E-state index is 15.2. The fourth-order valence-corrected chi connectivity index (χ4v) is 11.1. The number of aromatic nitrogens is 3. The number of hydrogen-bond donors (Lipinski definition) is 3. The standard InChI is InChI=1S/C47H50BrF5N10O6S/c1-4-26-19-37(56-46-54-23-33(48)43(58-46)55-36-7-6-32(47(51,52)53)30-11-14-63(42(30)36)70(3,67)68)39(69-2)22-38(26)60-12-9-28(10-13-60)59-15-17-61(18-16-59)45(66)27-24-62(25-27)29-20-34(49)41(35(50)21-29)31-5-8-40(64)57-44(31)65/h6-7,11,14,19-23,27-28,31H,4-5,8-10,12-13,15-18,24-25H2,1-3H3,(H,57,64,65)(H2,54,55,56,58). The summed E-state index contributed by atoms with van der Waals surface area (Å²) in [6.07, 6.45) is 1.29. The number of amides is 3. The van der Waals surface area contributed by atoms with Crippen molar-refractivity contribution in [2.75, 3.05) is 86.2 Å². The molecular formula is C47H50BrF5N10O6S. The Balaban J connectivity index is 0.798. The van der Waals surface area contributed by atoms with E-state index in [1.165, 1.54) is 18.3 Å². The van der Waals surface area contributed by atoms with Crippen LogP contribution >= 0.6 is 15.9 Å². The van der Waals surface area contributed by atoms with E-state index in [2.05, 4.69) is 58.6 Å². The lowest BCUT2D eigenvalue weighted by molar-refractivity contribution is -0.138. The minimum absolute atomic E-state index is 0.00656. The molecule has 16 nitrogen and oxygen atoms in total. The van der Waals surface area contributed by atoms with E-state index < -0.39 is 51.1 Å². The van der Waals surface area contributed by atoms with Gasteiger partial charge in [-0.15, -0.1) is 0 Å². The Labute approximate surface area is 408 Å². The fourth-order valence-electron chi connectivity index (χ4n) is 10.0. The van der Waals surface area contributed by atoms with Crippen LogP contribution in [0.1, 0.15) is 55.2 Å². The summed E-state index contributed by atoms with van der Waals surface area (Å²) in [7, 11) is -2.42. The quantitative estimate of drug-likeness (QED) is 0.0852. The minimum atomic E-state index is -4.72. The number of nitrogens with zero attached hydrogens (tertiary/aromatic N) is 7. The van der Waals surface area contributed by atoms with E-state index in [1.54, 1.807) is 12.0 Å². The molecule has 0 aliphatic carbocycles. The Morgan fingerprint density at radius 3 is 2.26 bits per heavy atom. The lowest BCUT2D eigenvalue weighted by atomic mass is 9.89. The van der Waals surface area contributed by atoms with E-state index in [0.717, 1.165) is 84.9 Å². The van der Waals surface area contributed by atoms with Gasteiger partial charge in [-0.25, -0.2) is 26.2 Å². The fraction of sp³-hybridized carbons (Fsp3) is 0.426. The summed E-state index contributed by atoms with van der Waals surface area (Å²) >= 11 is 3.41. The second-order valence-electron chi connectivity index (χ2n) is 18.0. The van der Waals surface area contributed by atoms with E-state index in [4.69, 9.17) is 4.74 Å². The van der Waals surface area contributed by atoms with Gasteiger partial charge >= 0.3 is 6.18 Å². The van der Waals surface area contributed by atoms with Gasteiger partial charge in [0.2, 0.25) is 33.7 Å². The molecule has 5 aromatic rings. The molecule has 4 fully saturated rings. The molecule has 4 aliphatic heterocycles. The van der Waals surface area contributed by atoms with Crippen molar-refractivity contribution in [3.05, 3.63) is 87.7 Å². The molecule has 4 aliphatic rings. The average molecular weight is 1060 g/mol. The largest absolute Gasteiger partial charge is 0.494 e. The maximum Gasteiger partial charge on any atom is 0.417 e. The molecule has 3 amide bonds. The number of ether oxygens (including phenoxy) is 1. The Morgan fingerprint density at radius 2 is 1.63 bits per heavy atom. The van der Waals surface area contributed by atoms with Gasteiger partial charge in [-0.2, -0.15) is 18.2 Å². The van der Waals surface area contributed by atoms with Gasteiger partial charge in [-0.1, -0.05) is 6.92 Å². The predicted octanol–water partition coefficient (Wildman–Crippen LogP) is 7.13. The summed E-state index contributed by atoms with van der Waals surface area (Å²) in [6.45, 7) is 6.95. The van der Waals surface area contributed by atoms with Crippen molar-refractivity contribution in [1.82, 2.24) is 29.1 Å². The Morgan fingerprint density at radius 1 is 0.929 bits per heavy atom. The number of carbonyl (C=O) groups excluding carboxylic acids is 3. The van der Waals surface area contributed by atoms with Crippen molar-refractivity contribution in [1.29, 1.82) is 0 Å². The van der Waals surface area contributed by atoms with E-state index >= 15 is 8.78 Å². The first-order chi connectivity index (χ1) is 33.3. The van der Waals surface area contributed by atoms with E-state index in [0.29, 0.717) is 60.2 Å². The van der Waals surface area contributed by atoms with Gasteiger partial charge in [0, 0.05) is 106 Å². The van der Waals surface area contributed by atoms with Gasteiger partial charge in [0.25, 0.3) is 0 Å². The number of methoxy groups -OCH3 is 1. The third-order valence-corrected chi connectivity index (χ3v) is 15.3. The van der Waals surface area contributed by atoms with Crippen molar-refractivity contribution in [2.45, 2.75) is 57.2 Å². The smallest absolute Gasteiger partial charge is 0.417 e. The molecule has 70 heavy (non-hydrogen) atoms. The van der Waals surface area contributed by atoms with Gasteiger partial charge in [-0.05, 0) is 83.6 Å². The first kappa shape index (κ1) is 48.9. The van der Waals surface area contributed by atoms with Crippen molar-refractivity contribution >= 4 is 89.1 Å². The molecule has 3 N–H and O–H groups in total. The number of piperidine rings is 2. The third kappa shape index (κ3) is 9.70. The molecule has 0 spiro atoms. The molecule has 4 saturated heterocycles. The highest BCUT2D eigenvalue weighted by Gasteiger charge is 2.40. The van der Waals surface area contributed by atoms with Crippen LogP contribution in [-0.2, 0) is 37.0 Å². The number of piperazine rings is 1. The van der Waals surface area contributed by atoms with Gasteiger partial charge in [-0.3, -0.25) is 24.6 Å². The Bertz CT molecular complexity index is 2970. The van der Waals surface area contributed by atoms with Crippen LogP contribution in [0.15, 0.2) is 59.3 Å². The zero-order valence-electron chi connectivity index (χ0n) is 38.4. The van der Waals surface area contributed by atoms with Crippen LogP contribution in [0.25, 0.3) is 10.9 Å². The summed E-state index contributed by atoms with van der Waals surface area (Å²) in [5, 5.41) is 8.07. The SMILES string of the molecule is CCc1cc(Nc2ncc(Br)c(Nc3ccc(C(F)(F)F)c4ccn(S(C)(=O)=O)c34)n2)c(OC)cc1N1CCC(N2CCN(C(=O)C3CN(c4cc(F)c(C5CCC(=O)NC5=O)c(F)c4)C3)CC2)CC1. The molecule has 0 saturated carbocycles. The first-order valence-electron chi connectivity index (χ1n) is 22.9. The Hall–Kier alpha value is -6.07. The summed E-state index contributed by atoms with van der Waals surface area (Å²) < 4.78 is 104. The highest BCUT2D eigenvalue weighted by molar-refractivity contribution is 9.10. The number of fused-ring (bicyclic) bond motifs is 1. The highest BCUT2D eigenvalue weighted by Crippen LogP contribution is 2.42. The lowest BCUT2D eigenvalue weighted by Gasteiger charge is -2.46. The van der Waals surface area contributed by atoms with E-state index in [1.807, 2.05) is 17.0 Å². The topological polar surface area (TPSA) is 174 Å². The Kier molecular flexibility index (Phi) is 13.5. The molecule has 0 bridgehead atoms. The van der Waals surface area contributed by atoms with Gasteiger partial charge in [0.15, 0.2) is 0 Å². The number of benzene rings is 3. The molecule has 23 heteroatoms. The van der Waals surface area contributed by atoms with Gasteiger partial charge in [0.05, 0.1) is 52.1 Å². The number of alkyl halides is 3. The minimum Gasteiger partial charge on any atom is -0.494 e. The van der Waals surface area contributed by atoms with Crippen LogP contribution in [0.5, 0.6) is 5.75 Å². The van der Waals surface area contributed by atoms with Crippen molar-refractivity contribution < 1.29 is 49.5 Å².